The molecule has 1 N–H and O–H groups in total. The maximum absolute atomic E-state index is 12.4. The number of rotatable bonds is 5. The molecule has 2 atom stereocenters. The molecule has 0 bridgehead atoms. The van der Waals surface area contributed by atoms with E-state index in [1.807, 2.05) is 0 Å². The molecule has 2 aliphatic rings. The van der Waals surface area contributed by atoms with Gasteiger partial charge in [0, 0.05) is 18.2 Å². The number of benzene rings is 1. The van der Waals surface area contributed by atoms with Crippen LogP contribution in [0.25, 0.3) is 0 Å². The monoisotopic (exact) mass is 393 g/mol. The van der Waals surface area contributed by atoms with Crippen molar-refractivity contribution >= 4 is 27.5 Å². The molecule has 0 radical (unpaired) electrons. The van der Waals surface area contributed by atoms with Crippen LogP contribution < -0.4 is 9.62 Å². The summed E-state index contributed by atoms with van der Waals surface area (Å²) in [4.78, 5) is 26.9. The third kappa shape index (κ3) is 4.32. The Hall–Kier alpha value is -1.93. The quantitative estimate of drug-likeness (QED) is 0.821. The highest BCUT2D eigenvalue weighted by molar-refractivity contribution is 7.94. The van der Waals surface area contributed by atoms with E-state index < -0.39 is 21.8 Å². The lowest BCUT2D eigenvalue weighted by molar-refractivity contribution is -0.119. The third-order valence-corrected chi connectivity index (χ3v) is 7.16. The van der Waals surface area contributed by atoms with Gasteiger partial charge in [0.1, 0.15) is 0 Å². The molecule has 2 heterocycles. The Labute approximate surface area is 160 Å². The Kier molecular flexibility index (Phi) is 5.86. The molecule has 7 nitrogen and oxygen atoms in total. The van der Waals surface area contributed by atoms with Gasteiger partial charge >= 0.3 is 0 Å². The number of carbonyl (C=O) groups is 2. The van der Waals surface area contributed by atoms with E-state index in [0.29, 0.717) is 12.1 Å². The summed E-state index contributed by atoms with van der Waals surface area (Å²) in [6.45, 7) is 6.42. The molecule has 148 valence electrons. The molecular weight excluding hydrogens is 366 g/mol. The summed E-state index contributed by atoms with van der Waals surface area (Å²) in [5.74, 6) is -1.35. The molecule has 2 amide bonds. The lowest BCUT2D eigenvalue weighted by atomic mass is 10.1. The van der Waals surface area contributed by atoms with Crippen molar-refractivity contribution in [3.8, 4) is 0 Å². The highest BCUT2D eigenvalue weighted by atomic mass is 32.2. The molecule has 0 aromatic heterocycles. The molecule has 2 saturated heterocycles. The van der Waals surface area contributed by atoms with Gasteiger partial charge < -0.3 is 5.32 Å². The fraction of sp³-hybridized carbons (Fsp3) is 0.579. The van der Waals surface area contributed by atoms with Crippen LogP contribution in [0.1, 0.15) is 43.5 Å². The van der Waals surface area contributed by atoms with Gasteiger partial charge in [-0.05, 0) is 57.1 Å². The highest BCUT2D eigenvalue weighted by Gasteiger charge is 2.41. The van der Waals surface area contributed by atoms with Gasteiger partial charge in [0.2, 0.25) is 15.9 Å². The van der Waals surface area contributed by atoms with E-state index in [1.165, 1.54) is 31.4 Å². The first-order valence-electron chi connectivity index (χ1n) is 9.49. The maximum Gasteiger partial charge on any atom is 0.251 e. The number of nitrogens with zero attached hydrogens (tertiary/aromatic N) is 2. The minimum absolute atomic E-state index is 0.178. The molecule has 2 aliphatic heterocycles. The van der Waals surface area contributed by atoms with Gasteiger partial charge in [0.15, 0.2) is 0 Å². The Morgan fingerprint density at radius 3 is 2.37 bits per heavy atom. The number of anilines is 1. The summed E-state index contributed by atoms with van der Waals surface area (Å²) in [7, 11) is -3.63. The third-order valence-electron chi connectivity index (χ3n) is 5.30. The van der Waals surface area contributed by atoms with Gasteiger partial charge in [0.25, 0.3) is 5.91 Å². The average Bonchev–Trinajstić information content (AvgIpc) is 2.87. The normalized spacial score (nSPS) is 24.0. The van der Waals surface area contributed by atoms with Crippen LogP contribution in [0.4, 0.5) is 5.69 Å². The number of amides is 2. The summed E-state index contributed by atoms with van der Waals surface area (Å²) in [5.41, 5.74) is 0.726. The van der Waals surface area contributed by atoms with E-state index in [1.54, 1.807) is 19.1 Å². The zero-order valence-electron chi connectivity index (χ0n) is 15.8. The zero-order valence-corrected chi connectivity index (χ0v) is 16.7. The maximum atomic E-state index is 12.4. The second-order valence-electron chi connectivity index (χ2n) is 7.48. The van der Waals surface area contributed by atoms with Crippen molar-refractivity contribution in [3.05, 3.63) is 29.8 Å². The van der Waals surface area contributed by atoms with E-state index >= 15 is 0 Å². The Morgan fingerprint density at radius 2 is 1.81 bits per heavy atom. The second kappa shape index (κ2) is 7.98. The van der Waals surface area contributed by atoms with Crippen molar-refractivity contribution in [1.82, 2.24) is 10.2 Å². The summed E-state index contributed by atoms with van der Waals surface area (Å²) in [6.07, 6.45) is 3.68. The molecule has 1 aromatic carbocycles. The van der Waals surface area contributed by atoms with E-state index in [0.717, 1.165) is 17.4 Å². The summed E-state index contributed by atoms with van der Waals surface area (Å²) >= 11 is 0. The predicted octanol–water partition coefficient (Wildman–Crippen LogP) is 1.60. The van der Waals surface area contributed by atoms with Gasteiger partial charge in [-0.1, -0.05) is 13.3 Å². The van der Waals surface area contributed by atoms with E-state index in [-0.39, 0.29) is 23.4 Å². The van der Waals surface area contributed by atoms with Crippen molar-refractivity contribution in [1.29, 1.82) is 0 Å². The first-order valence-corrected chi connectivity index (χ1v) is 11.1. The molecule has 2 unspecified atom stereocenters. The summed E-state index contributed by atoms with van der Waals surface area (Å²) in [5, 5.41) is 2.94. The molecule has 8 heteroatoms. The van der Waals surface area contributed by atoms with Crippen LogP contribution in [0, 0.1) is 5.92 Å². The predicted molar refractivity (Wildman–Crippen MR) is 104 cm³/mol. The van der Waals surface area contributed by atoms with Crippen LogP contribution in [0.2, 0.25) is 0 Å². The number of carbonyl (C=O) groups excluding carboxylic acids is 2. The Bertz CT molecular complexity index is 801. The Morgan fingerprint density at radius 1 is 1.19 bits per heavy atom. The highest BCUT2D eigenvalue weighted by Crippen LogP contribution is 2.28. The van der Waals surface area contributed by atoms with Gasteiger partial charge in [0.05, 0.1) is 17.4 Å². The standard InChI is InChI=1S/C19H27N3O4S/c1-14-13-27(25,26)22(19(14)24)17-8-6-16(7-9-17)18(23)20-12-15(2)21-10-4-3-5-11-21/h6-9,14-15H,3-5,10-13H2,1-2H3,(H,20,23). The molecule has 0 aliphatic carbocycles. The second-order valence-corrected chi connectivity index (χ2v) is 9.35. The minimum Gasteiger partial charge on any atom is -0.350 e. The van der Waals surface area contributed by atoms with E-state index in [2.05, 4.69) is 17.1 Å². The SMILES string of the molecule is CC1CS(=O)(=O)N(c2ccc(C(=O)NCC(C)N3CCCCC3)cc2)C1=O. The number of nitrogens with one attached hydrogen (secondary N) is 1. The van der Waals surface area contributed by atoms with Crippen molar-refractivity contribution in [2.24, 2.45) is 5.92 Å². The minimum atomic E-state index is -3.63. The van der Waals surface area contributed by atoms with E-state index in [4.69, 9.17) is 0 Å². The molecule has 2 fully saturated rings. The van der Waals surface area contributed by atoms with Crippen LogP contribution in [-0.4, -0.2) is 56.6 Å². The smallest absolute Gasteiger partial charge is 0.251 e. The fourth-order valence-corrected chi connectivity index (χ4v) is 5.49. The van der Waals surface area contributed by atoms with Gasteiger partial charge in [-0.25, -0.2) is 12.7 Å². The lowest BCUT2D eigenvalue weighted by Crippen LogP contribution is -2.44. The average molecular weight is 394 g/mol. The van der Waals surface area contributed by atoms with Gasteiger partial charge in [-0.3, -0.25) is 14.5 Å². The van der Waals surface area contributed by atoms with Gasteiger partial charge in [-0.2, -0.15) is 0 Å². The molecular formula is C19H27N3O4S. The number of hydrogen-bond acceptors (Lipinski definition) is 5. The molecule has 1 aromatic rings. The summed E-state index contributed by atoms with van der Waals surface area (Å²) in [6, 6.07) is 6.42. The van der Waals surface area contributed by atoms with Crippen molar-refractivity contribution < 1.29 is 18.0 Å². The van der Waals surface area contributed by atoms with Crippen LogP contribution in [0.3, 0.4) is 0 Å². The van der Waals surface area contributed by atoms with Crippen LogP contribution in [-0.2, 0) is 14.8 Å². The van der Waals surface area contributed by atoms with Crippen molar-refractivity contribution in [2.75, 3.05) is 29.7 Å². The van der Waals surface area contributed by atoms with E-state index in [9.17, 15) is 18.0 Å². The largest absolute Gasteiger partial charge is 0.350 e. The summed E-state index contributed by atoms with van der Waals surface area (Å²) < 4.78 is 25.1. The zero-order chi connectivity index (χ0) is 19.6. The number of hydrogen-bond donors (Lipinski definition) is 1. The Balaban J connectivity index is 1.61. The van der Waals surface area contributed by atoms with Gasteiger partial charge in [-0.15, -0.1) is 0 Å². The molecule has 3 rings (SSSR count). The molecule has 0 saturated carbocycles. The molecule has 27 heavy (non-hydrogen) atoms. The number of likely N-dealkylation sites (tertiary alicyclic amines) is 1. The number of piperidine rings is 1. The van der Waals surface area contributed by atoms with Crippen molar-refractivity contribution in [2.45, 2.75) is 39.2 Å². The van der Waals surface area contributed by atoms with Crippen LogP contribution >= 0.6 is 0 Å². The molecule has 0 spiro atoms. The van der Waals surface area contributed by atoms with Crippen LogP contribution in [0.15, 0.2) is 24.3 Å². The number of sulfonamides is 1. The van der Waals surface area contributed by atoms with Crippen molar-refractivity contribution in [3.63, 3.8) is 0 Å². The topological polar surface area (TPSA) is 86.8 Å². The first kappa shape index (κ1) is 19.8. The first-order chi connectivity index (χ1) is 12.8. The lowest BCUT2D eigenvalue weighted by Gasteiger charge is -2.32. The van der Waals surface area contributed by atoms with Crippen LogP contribution in [0.5, 0.6) is 0 Å². The fourth-order valence-electron chi connectivity index (χ4n) is 3.67.